The molecule has 7 heteroatoms. The average molecular weight is 307 g/mol. The highest BCUT2D eigenvalue weighted by atomic mass is 32.1. The van der Waals surface area contributed by atoms with Gasteiger partial charge in [-0.1, -0.05) is 0 Å². The third kappa shape index (κ3) is 2.24. The maximum atomic E-state index is 6.30. The van der Waals surface area contributed by atoms with E-state index in [1.807, 2.05) is 0 Å². The molecular weight excluding hydrogens is 294 g/mol. The van der Waals surface area contributed by atoms with Crippen LogP contribution in [0.5, 0.6) is 11.8 Å². The lowest BCUT2D eigenvalue weighted by Crippen LogP contribution is -2.14. The molecule has 0 aliphatic heterocycles. The fraction of sp³-hybridized carbons (Fsp3) is 0.231. The van der Waals surface area contributed by atoms with E-state index in [1.54, 1.807) is 36.0 Å². The molecule has 0 amide bonds. The van der Waals surface area contributed by atoms with Crippen LogP contribution in [0.2, 0.25) is 0 Å². The molecule has 0 aliphatic rings. The first kappa shape index (κ1) is 13.3. The molecule has 0 aliphatic carbocycles. The molecule has 0 spiro atoms. The fourth-order valence-corrected chi connectivity index (χ4v) is 4.03. The molecule has 0 saturated carbocycles. The topological polar surface area (TPSA) is 70.3 Å². The molecule has 3 rings (SSSR count). The lowest BCUT2D eigenvalue weighted by atomic mass is 10.2. The van der Waals surface area contributed by atoms with Crippen LogP contribution in [0.1, 0.15) is 16.6 Å². The van der Waals surface area contributed by atoms with Crippen molar-refractivity contribution in [1.29, 1.82) is 0 Å². The summed E-state index contributed by atoms with van der Waals surface area (Å²) in [7, 11) is 3.09. The van der Waals surface area contributed by atoms with E-state index in [9.17, 15) is 0 Å². The van der Waals surface area contributed by atoms with Gasteiger partial charge in [0.05, 0.1) is 26.5 Å². The molecule has 0 saturated heterocycles. The summed E-state index contributed by atoms with van der Waals surface area (Å²) in [4.78, 5) is 9.59. The van der Waals surface area contributed by atoms with Crippen LogP contribution in [0, 0.1) is 0 Å². The van der Waals surface area contributed by atoms with Crippen molar-refractivity contribution < 1.29 is 9.47 Å². The molecule has 0 fully saturated rings. The number of ether oxygens (including phenoxy) is 2. The molecule has 1 atom stereocenters. The highest BCUT2D eigenvalue weighted by Crippen LogP contribution is 2.36. The first-order valence-corrected chi connectivity index (χ1v) is 7.60. The second kappa shape index (κ2) is 5.35. The van der Waals surface area contributed by atoms with Gasteiger partial charge >= 0.3 is 0 Å². The maximum Gasteiger partial charge on any atom is 0.240 e. The summed E-state index contributed by atoms with van der Waals surface area (Å²) in [6.45, 7) is 0. The summed E-state index contributed by atoms with van der Waals surface area (Å²) in [5.41, 5.74) is 6.91. The minimum Gasteiger partial charge on any atom is -0.480 e. The molecule has 104 valence electrons. The minimum absolute atomic E-state index is 0.354. The Bertz CT molecular complexity index is 710. The molecule has 3 heterocycles. The molecule has 3 aromatic rings. The van der Waals surface area contributed by atoms with E-state index in [0.717, 1.165) is 4.88 Å². The molecular formula is C13H13N3O2S2. The van der Waals surface area contributed by atoms with E-state index in [0.29, 0.717) is 17.5 Å². The molecule has 0 bridgehead atoms. The predicted molar refractivity (Wildman–Crippen MR) is 80.9 cm³/mol. The minimum atomic E-state index is -0.354. The molecule has 1 unspecified atom stereocenters. The van der Waals surface area contributed by atoms with Gasteiger partial charge < -0.3 is 15.2 Å². The van der Waals surface area contributed by atoms with E-state index in [1.165, 1.54) is 16.5 Å². The smallest absolute Gasteiger partial charge is 0.240 e. The van der Waals surface area contributed by atoms with E-state index in [-0.39, 0.29) is 6.04 Å². The highest BCUT2D eigenvalue weighted by molar-refractivity contribution is 7.27. The van der Waals surface area contributed by atoms with Crippen molar-refractivity contribution in [3.63, 3.8) is 0 Å². The van der Waals surface area contributed by atoms with Gasteiger partial charge in [0.1, 0.15) is 5.69 Å². The van der Waals surface area contributed by atoms with Crippen molar-refractivity contribution in [3.8, 4) is 11.8 Å². The Balaban J connectivity index is 2.00. The van der Waals surface area contributed by atoms with Crippen LogP contribution in [0.3, 0.4) is 0 Å². The van der Waals surface area contributed by atoms with Gasteiger partial charge in [-0.25, -0.2) is 4.98 Å². The third-order valence-corrected chi connectivity index (χ3v) is 5.08. The van der Waals surface area contributed by atoms with Crippen LogP contribution >= 0.6 is 22.7 Å². The summed E-state index contributed by atoms with van der Waals surface area (Å²) >= 11 is 3.37. The Morgan fingerprint density at radius 1 is 1.25 bits per heavy atom. The van der Waals surface area contributed by atoms with Gasteiger partial charge in [-0.3, -0.25) is 0 Å². The molecule has 0 radical (unpaired) electrons. The molecule has 20 heavy (non-hydrogen) atoms. The lowest BCUT2D eigenvalue weighted by molar-refractivity contribution is 0.355. The Morgan fingerprint density at radius 3 is 2.80 bits per heavy atom. The predicted octanol–water partition coefficient (Wildman–Crippen LogP) is 2.82. The summed E-state index contributed by atoms with van der Waals surface area (Å²) in [5.74, 6) is 0.804. The fourth-order valence-electron chi connectivity index (χ4n) is 1.90. The number of nitrogens with two attached hydrogens (primary N) is 1. The van der Waals surface area contributed by atoms with Gasteiger partial charge in [0.2, 0.25) is 11.8 Å². The zero-order chi connectivity index (χ0) is 14.1. The number of aromatic nitrogens is 2. The largest absolute Gasteiger partial charge is 0.480 e. The van der Waals surface area contributed by atoms with Gasteiger partial charge in [-0.05, 0) is 17.5 Å². The van der Waals surface area contributed by atoms with Crippen LogP contribution in [-0.2, 0) is 0 Å². The lowest BCUT2D eigenvalue weighted by Gasteiger charge is -2.12. The molecule has 3 aromatic heterocycles. The van der Waals surface area contributed by atoms with E-state index in [2.05, 4.69) is 27.5 Å². The number of hydrogen-bond donors (Lipinski definition) is 1. The molecule has 5 nitrogen and oxygen atoms in total. The number of thiophene rings is 2. The van der Waals surface area contributed by atoms with Gasteiger partial charge in [0.25, 0.3) is 0 Å². The van der Waals surface area contributed by atoms with E-state index >= 15 is 0 Å². The molecule has 2 N–H and O–H groups in total. The van der Waals surface area contributed by atoms with Crippen LogP contribution in [-0.4, -0.2) is 24.2 Å². The first-order valence-electron chi connectivity index (χ1n) is 5.90. The van der Waals surface area contributed by atoms with Gasteiger partial charge in [-0.15, -0.1) is 22.7 Å². The standard InChI is InChI=1S/C13H13N3O2S2/c1-17-10-6-15-12(13(16-10)18-2)11(14)9-5-8-7(20-9)3-4-19-8/h3-6,11H,14H2,1-2H3. The Labute approximate surface area is 124 Å². The van der Waals surface area contributed by atoms with Crippen LogP contribution < -0.4 is 15.2 Å². The zero-order valence-electron chi connectivity index (χ0n) is 11.0. The zero-order valence-corrected chi connectivity index (χ0v) is 12.6. The summed E-state index contributed by atoms with van der Waals surface area (Å²) in [6.07, 6.45) is 1.55. The second-order valence-electron chi connectivity index (χ2n) is 4.08. The van der Waals surface area contributed by atoms with Crippen LogP contribution in [0.4, 0.5) is 0 Å². The number of rotatable bonds is 4. The Hall–Kier alpha value is -1.70. The summed E-state index contributed by atoms with van der Waals surface area (Å²) < 4.78 is 12.8. The third-order valence-electron chi connectivity index (χ3n) is 2.91. The van der Waals surface area contributed by atoms with E-state index in [4.69, 9.17) is 15.2 Å². The van der Waals surface area contributed by atoms with Crippen molar-refractivity contribution in [2.75, 3.05) is 14.2 Å². The Kier molecular flexibility index (Phi) is 3.56. The van der Waals surface area contributed by atoms with Crippen LogP contribution in [0.25, 0.3) is 9.40 Å². The van der Waals surface area contributed by atoms with Crippen LogP contribution in [0.15, 0.2) is 23.7 Å². The van der Waals surface area contributed by atoms with Crippen molar-refractivity contribution in [3.05, 3.63) is 34.3 Å². The quantitative estimate of drug-likeness (QED) is 0.802. The number of nitrogens with zero attached hydrogens (tertiary/aromatic N) is 2. The highest BCUT2D eigenvalue weighted by Gasteiger charge is 2.20. The maximum absolute atomic E-state index is 6.30. The van der Waals surface area contributed by atoms with Gasteiger partial charge in [0.15, 0.2) is 0 Å². The molecule has 0 aromatic carbocycles. The average Bonchev–Trinajstić information content (AvgIpc) is 3.07. The number of hydrogen-bond acceptors (Lipinski definition) is 7. The monoisotopic (exact) mass is 307 g/mol. The van der Waals surface area contributed by atoms with Crippen molar-refractivity contribution in [1.82, 2.24) is 9.97 Å². The van der Waals surface area contributed by atoms with Gasteiger partial charge in [-0.2, -0.15) is 4.98 Å². The summed E-state index contributed by atoms with van der Waals surface area (Å²) in [6, 6.07) is 3.84. The SMILES string of the molecule is COc1cnc(C(N)c2cc3sccc3s2)c(OC)n1. The number of methoxy groups -OCH3 is 2. The van der Waals surface area contributed by atoms with Crippen molar-refractivity contribution >= 4 is 32.1 Å². The van der Waals surface area contributed by atoms with Crippen molar-refractivity contribution in [2.24, 2.45) is 5.73 Å². The first-order chi connectivity index (χ1) is 9.72. The van der Waals surface area contributed by atoms with Crippen molar-refractivity contribution in [2.45, 2.75) is 6.04 Å². The second-order valence-corrected chi connectivity index (χ2v) is 6.15. The number of fused-ring (bicyclic) bond motifs is 1. The van der Waals surface area contributed by atoms with E-state index < -0.39 is 0 Å². The van der Waals surface area contributed by atoms with Gasteiger partial charge in [0, 0.05) is 14.3 Å². The Morgan fingerprint density at radius 2 is 2.10 bits per heavy atom. The normalized spacial score (nSPS) is 12.6. The summed E-state index contributed by atoms with van der Waals surface area (Å²) in [5, 5.41) is 2.07.